The number of rotatable bonds is 11. The summed E-state index contributed by atoms with van der Waals surface area (Å²) in [6.45, 7) is 4.26. The molecule has 1 aromatic heterocycles. The number of pyridine rings is 1. The lowest BCUT2D eigenvalue weighted by Crippen LogP contribution is -2.31. The lowest BCUT2D eigenvalue weighted by atomic mass is 9.94. The first-order valence-corrected chi connectivity index (χ1v) is 11.6. The van der Waals surface area contributed by atoms with Crippen molar-refractivity contribution in [3.05, 3.63) is 77.6 Å². The average molecular weight is 431 g/mol. The van der Waals surface area contributed by atoms with Gasteiger partial charge in [0, 0.05) is 29.9 Å². The molecule has 4 heteroatoms. The van der Waals surface area contributed by atoms with E-state index in [9.17, 15) is 4.79 Å². The molecule has 0 spiro atoms. The summed E-state index contributed by atoms with van der Waals surface area (Å²) in [5.41, 5.74) is 3.56. The molecule has 1 N–H and O–H groups in total. The van der Waals surface area contributed by atoms with Crippen LogP contribution in [0, 0.1) is 0 Å². The standard InChI is InChI=1S/C28H34N2O2/c1-4-5-13-24-23(19-27(32-3)26-15-7-6-14-25(24)26)16-17-28(31)30-21(2)10-8-11-22-12-9-18-29-20-22/h6-7,9,12,14-21H,4-5,8,10-11,13H2,1-3H3,(H,30,31)/t21-/m1/s1. The van der Waals surface area contributed by atoms with E-state index >= 15 is 0 Å². The molecule has 0 fully saturated rings. The van der Waals surface area contributed by atoms with Crippen LogP contribution in [0.2, 0.25) is 0 Å². The number of unbranched alkanes of at least 4 members (excludes halogenated alkanes) is 1. The molecule has 0 bridgehead atoms. The lowest BCUT2D eigenvalue weighted by Gasteiger charge is -2.15. The van der Waals surface area contributed by atoms with E-state index in [2.05, 4.69) is 54.5 Å². The number of fused-ring (bicyclic) bond motifs is 1. The van der Waals surface area contributed by atoms with E-state index in [1.54, 1.807) is 19.4 Å². The molecule has 0 unspecified atom stereocenters. The number of benzene rings is 2. The fraction of sp³-hybridized carbons (Fsp3) is 0.357. The summed E-state index contributed by atoms with van der Waals surface area (Å²) in [5, 5.41) is 5.41. The molecule has 0 saturated heterocycles. The molecule has 4 nitrogen and oxygen atoms in total. The third-order valence-corrected chi connectivity index (χ3v) is 5.78. The summed E-state index contributed by atoms with van der Waals surface area (Å²) in [4.78, 5) is 16.7. The molecule has 2 aromatic carbocycles. The van der Waals surface area contributed by atoms with Crippen LogP contribution in [0.3, 0.4) is 0 Å². The van der Waals surface area contributed by atoms with E-state index in [0.717, 1.165) is 55.2 Å². The molecule has 0 radical (unpaired) electrons. The van der Waals surface area contributed by atoms with Gasteiger partial charge in [0.15, 0.2) is 0 Å². The normalized spacial score (nSPS) is 12.2. The Bertz CT molecular complexity index is 1040. The van der Waals surface area contributed by atoms with Crippen LogP contribution >= 0.6 is 0 Å². The summed E-state index contributed by atoms with van der Waals surface area (Å²) in [7, 11) is 1.70. The Morgan fingerprint density at radius 3 is 2.66 bits per heavy atom. The number of ether oxygens (including phenoxy) is 1. The predicted octanol–water partition coefficient (Wildman–Crippen LogP) is 6.13. The molecular weight excluding hydrogens is 396 g/mol. The summed E-state index contributed by atoms with van der Waals surface area (Å²) >= 11 is 0. The number of carbonyl (C=O) groups is 1. The Morgan fingerprint density at radius 1 is 1.12 bits per heavy atom. The number of nitrogens with zero attached hydrogens (tertiary/aromatic N) is 1. The number of aromatic nitrogens is 1. The van der Waals surface area contributed by atoms with Crippen molar-refractivity contribution in [3.8, 4) is 5.75 Å². The topological polar surface area (TPSA) is 51.2 Å². The van der Waals surface area contributed by atoms with Crippen LogP contribution in [0.25, 0.3) is 16.8 Å². The van der Waals surface area contributed by atoms with Crippen molar-refractivity contribution in [2.45, 2.75) is 58.4 Å². The minimum Gasteiger partial charge on any atom is -0.496 e. The number of aryl methyl sites for hydroxylation is 2. The van der Waals surface area contributed by atoms with Gasteiger partial charge in [-0.2, -0.15) is 0 Å². The largest absolute Gasteiger partial charge is 0.496 e. The summed E-state index contributed by atoms with van der Waals surface area (Å²) < 4.78 is 5.64. The molecule has 1 atom stereocenters. The van der Waals surface area contributed by atoms with Gasteiger partial charge in [-0.15, -0.1) is 0 Å². The first-order valence-electron chi connectivity index (χ1n) is 11.6. The Morgan fingerprint density at radius 2 is 1.94 bits per heavy atom. The summed E-state index contributed by atoms with van der Waals surface area (Å²) in [6, 6.07) is 14.6. The van der Waals surface area contributed by atoms with Crippen LogP contribution in [-0.2, 0) is 17.6 Å². The van der Waals surface area contributed by atoms with Crippen LogP contribution in [0.15, 0.2) is 60.9 Å². The molecule has 0 aliphatic heterocycles. The first-order chi connectivity index (χ1) is 15.6. The van der Waals surface area contributed by atoms with E-state index in [-0.39, 0.29) is 11.9 Å². The highest BCUT2D eigenvalue weighted by atomic mass is 16.5. The molecule has 3 rings (SSSR count). The first kappa shape index (κ1) is 23.5. The predicted molar refractivity (Wildman–Crippen MR) is 133 cm³/mol. The van der Waals surface area contributed by atoms with E-state index in [1.165, 1.54) is 16.5 Å². The van der Waals surface area contributed by atoms with E-state index in [1.807, 2.05) is 24.4 Å². The second-order valence-electron chi connectivity index (χ2n) is 8.29. The van der Waals surface area contributed by atoms with Crippen LogP contribution in [0.5, 0.6) is 5.75 Å². The number of hydrogen-bond acceptors (Lipinski definition) is 3. The zero-order valence-corrected chi connectivity index (χ0v) is 19.4. The van der Waals surface area contributed by atoms with Gasteiger partial charge in [0.05, 0.1) is 7.11 Å². The maximum atomic E-state index is 12.6. The van der Waals surface area contributed by atoms with Crippen LogP contribution in [0.1, 0.15) is 56.2 Å². The molecule has 0 aliphatic carbocycles. The van der Waals surface area contributed by atoms with Crippen molar-refractivity contribution in [1.29, 1.82) is 0 Å². The Hall–Kier alpha value is -3.14. The number of nitrogens with one attached hydrogen (secondary N) is 1. The molecule has 1 heterocycles. The van der Waals surface area contributed by atoms with E-state index in [0.29, 0.717) is 0 Å². The number of hydrogen-bond donors (Lipinski definition) is 1. The monoisotopic (exact) mass is 430 g/mol. The smallest absolute Gasteiger partial charge is 0.244 e. The third kappa shape index (κ3) is 6.43. The average Bonchev–Trinajstić information content (AvgIpc) is 2.82. The summed E-state index contributed by atoms with van der Waals surface area (Å²) in [5.74, 6) is 0.775. The van der Waals surface area contributed by atoms with Crippen molar-refractivity contribution in [2.75, 3.05) is 7.11 Å². The lowest BCUT2D eigenvalue weighted by molar-refractivity contribution is -0.117. The molecule has 168 valence electrons. The molecule has 3 aromatic rings. The number of amides is 1. The Kier molecular flexibility index (Phi) is 8.85. The van der Waals surface area contributed by atoms with Gasteiger partial charge in [0.25, 0.3) is 0 Å². The van der Waals surface area contributed by atoms with Crippen molar-refractivity contribution >= 4 is 22.8 Å². The highest BCUT2D eigenvalue weighted by Gasteiger charge is 2.11. The van der Waals surface area contributed by atoms with Crippen molar-refractivity contribution in [2.24, 2.45) is 0 Å². The zero-order valence-electron chi connectivity index (χ0n) is 19.4. The van der Waals surface area contributed by atoms with E-state index < -0.39 is 0 Å². The Balaban J connectivity index is 1.67. The quantitative estimate of drug-likeness (QED) is 0.373. The molecular formula is C28H34N2O2. The molecule has 0 aliphatic rings. The van der Waals surface area contributed by atoms with Gasteiger partial charge in [0.1, 0.15) is 5.75 Å². The maximum absolute atomic E-state index is 12.6. The van der Waals surface area contributed by atoms with Gasteiger partial charge in [-0.3, -0.25) is 9.78 Å². The third-order valence-electron chi connectivity index (χ3n) is 5.78. The molecule has 1 amide bonds. The fourth-order valence-corrected chi connectivity index (χ4v) is 4.06. The fourth-order valence-electron chi connectivity index (χ4n) is 4.06. The zero-order chi connectivity index (χ0) is 22.8. The van der Waals surface area contributed by atoms with Gasteiger partial charge in [-0.1, -0.05) is 43.7 Å². The molecule has 32 heavy (non-hydrogen) atoms. The SMILES string of the molecule is CCCCc1c(C=CC(=O)N[C@H](C)CCCc2cccnc2)cc(OC)c2ccccc12. The second-order valence-corrected chi connectivity index (χ2v) is 8.29. The van der Waals surface area contributed by atoms with Crippen molar-refractivity contribution in [3.63, 3.8) is 0 Å². The molecule has 0 saturated carbocycles. The van der Waals surface area contributed by atoms with Gasteiger partial charge < -0.3 is 10.1 Å². The van der Waals surface area contributed by atoms with Gasteiger partial charge >= 0.3 is 0 Å². The second kappa shape index (κ2) is 12.0. The van der Waals surface area contributed by atoms with Crippen LogP contribution in [0.4, 0.5) is 0 Å². The maximum Gasteiger partial charge on any atom is 0.244 e. The van der Waals surface area contributed by atoms with Crippen LogP contribution in [-0.4, -0.2) is 24.0 Å². The number of methoxy groups -OCH3 is 1. The van der Waals surface area contributed by atoms with Crippen molar-refractivity contribution in [1.82, 2.24) is 10.3 Å². The van der Waals surface area contributed by atoms with Gasteiger partial charge in [0.2, 0.25) is 5.91 Å². The van der Waals surface area contributed by atoms with Crippen molar-refractivity contribution < 1.29 is 9.53 Å². The highest BCUT2D eigenvalue weighted by molar-refractivity contribution is 5.96. The Labute approximate surface area is 191 Å². The van der Waals surface area contributed by atoms with Gasteiger partial charge in [-0.25, -0.2) is 0 Å². The van der Waals surface area contributed by atoms with Crippen LogP contribution < -0.4 is 10.1 Å². The summed E-state index contributed by atoms with van der Waals surface area (Å²) in [6.07, 6.45) is 13.4. The minimum atomic E-state index is -0.0626. The highest BCUT2D eigenvalue weighted by Crippen LogP contribution is 2.33. The minimum absolute atomic E-state index is 0.0626. The number of carbonyl (C=O) groups excluding carboxylic acids is 1. The van der Waals surface area contributed by atoms with Gasteiger partial charge in [-0.05, 0) is 79.3 Å². The van der Waals surface area contributed by atoms with E-state index in [4.69, 9.17) is 4.74 Å².